The van der Waals surface area contributed by atoms with Gasteiger partial charge in [-0.1, -0.05) is 0 Å². The first-order valence-electron chi connectivity index (χ1n) is 7.12. The predicted molar refractivity (Wildman–Crippen MR) is 78.2 cm³/mol. The maximum absolute atomic E-state index is 11.0. The van der Waals surface area contributed by atoms with Gasteiger partial charge in [-0.25, -0.2) is 4.79 Å². The van der Waals surface area contributed by atoms with Crippen LogP contribution in [0.25, 0.3) is 6.08 Å². The molecule has 2 aliphatic rings. The fourth-order valence-corrected chi connectivity index (χ4v) is 3.27. The second-order valence-corrected chi connectivity index (χ2v) is 5.63. The van der Waals surface area contributed by atoms with E-state index in [2.05, 4.69) is 4.90 Å². The number of aromatic hydroxyl groups is 1. The number of carboxylic acid groups (broad SMARTS) is 1. The first-order valence-corrected chi connectivity index (χ1v) is 7.12. The lowest BCUT2D eigenvalue weighted by molar-refractivity contribution is -0.132. The number of nitrogens with zero attached hydrogens (tertiary/aromatic N) is 1. The van der Waals surface area contributed by atoms with Crippen molar-refractivity contribution < 1.29 is 15.0 Å². The third-order valence-electron chi connectivity index (χ3n) is 4.23. The van der Waals surface area contributed by atoms with Gasteiger partial charge >= 0.3 is 5.97 Å². The lowest BCUT2D eigenvalue weighted by Gasteiger charge is -2.37. The highest BCUT2D eigenvalue weighted by molar-refractivity contribution is 5.92. The summed E-state index contributed by atoms with van der Waals surface area (Å²) in [7, 11) is 0. The summed E-state index contributed by atoms with van der Waals surface area (Å²) in [6.45, 7) is 3.67. The van der Waals surface area contributed by atoms with Gasteiger partial charge in [0.1, 0.15) is 5.75 Å². The summed E-state index contributed by atoms with van der Waals surface area (Å²) in [5.41, 5.74) is 4.33. The summed E-state index contributed by atoms with van der Waals surface area (Å²) in [5.74, 6) is -0.687. The number of hydrogen-bond donors (Lipinski definition) is 2. The zero-order valence-corrected chi connectivity index (χ0v) is 11.6. The molecular weight excluding hydrogens is 254 g/mol. The summed E-state index contributed by atoms with van der Waals surface area (Å²) < 4.78 is 0. The van der Waals surface area contributed by atoms with Gasteiger partial charge in [0.15, 0.2) is 0 Å². The van der Waals surface area contributed by atoms with Crippen LogP contribution in [0.15, 0.2) is 11.6 Å². The Morgan fingerprint density at radius 1 is 1.30 bits per heavy atom. The van der Waals surface area contributed by atoms with Gasteiger partial charge in [0, 0.05) is 35.5 Å². The molecule has 0 aromatic heterocycles. The monoisotopic (exact) mass is 273 g/mol. The lowest BCUT2D eigenvalue weighted by Crippen LogP contribution is -2.34. The molecule has 1 aromatic carbocycles. The second-order valence-electron chi connectivity index (χ2n) is 5.63. The van der Waals surface area contributed by atoms with Crippen LogP contribution in [0, 0.1) is 0 Å². The predicted octanol–water partition coefficient (Wildman–Crippen LogP) is 2.58. The van der Waals surface area contributed by atoms with E-state index in [1.807, 2.05) is 6.07 Å². The average Bonchev–Trinajstić information content (AvgIpc) is 2.44. The van der Waals surface area contributed by atoms with Crippen molar-refractivity contribution in [2.45, 2.75) is 32.6 Å². The highest BCUT2D eigenvalue weighted by Crippen LogP contribution is 2.42. The average molecular weight is 273 g/mol. The molecule has 0 spiro atoms. The molecule has 0 aliphatic carbocycles. The number of phenols is 1. The fraction of sp³-hybridized carbons (Fsp3) is 0.438. The maximum Gasteiger partial charge on any atom is 0.331 e. The molecule has 0 amide bonds. The van der Waals surface area contributed by atoms with Gasteiger partial charge in [-0.3, -0.25) is 0 Å². The molecule has 20 heavy (non-hydrogen) atoms. The fourth-order valence-electron chi connectivity index (χ4n) is 3.27. The van der Waals surface area contributed by atoms with E-state index in [0.29, 0.717) is 5.56 Å². The maximum atomic E-state index is 11.0. The standard InChI is InChI=1S/C16H19NO3/c1-10(16(19)20)8-12-9-11-4-2-6-17-7-3-5-13(14(11)17)15(12)18/h8-9,18H,2-7H2,1H3,(H,19,20)/b10-8+. The van der Waals surface area contributed by atoms with Crippen LogP contribution in [0.2, 0.25) is 0 Å². The summed E-state index contributed by atoms with van der Waals surface area (Å²) in [4.78, 5) is 13.3. The van der Waals surface area contributed by atoms with E-state index in [4.69, 9.17) is 5.11 Å². The molecule has 3 rings (SSSR count). The van der Waals surface area contributed by atoms with Crippen LogP contribution < -0.4 is 4.90 Å². The molecule has 2 N–H and O–H groups in total. The number of hydrogen-bond acceptors (Lipinski definition) is 3. The van der Waals surface area contributed by atoms with E-state index in [1.165, 1.54) is 11.3 Å². The third-order valence-corrected chi connectivity index (χ3v) is 4.23. The molecule has 0 bridgehead atoms. The minimum absolute atomic E-state index is 0.246. The van der Waals surface area contributed by atoms with Gasteiger partial charge < -0.3 is 15.1 Å². The first-order chi connectivity index (χ1) is 9.58. The third kappa shape index (κ3) is 2.05. The van der Waals surface area contributed by atoms with Crippen LogP contribution in [0.4, 0.5) is 5.69 Å². The molecule has 0 atom stereocenters. The zero-order valence-electron chi connectivity index (χ0n) is 11.6. The molecule has 0 saturated heterocycles. The molecule has 0 unspecified atom stereocenters. The van der Waals surface area contributed by atoms with E-state index in [0.717, 1.165) is 44.3 Å². The number of rotatable bonds is 2. The molecule has 1 aromatic rings. The van der Waals surface area contributed by atoms with E-state index in [9.17, 15) is 9.90 Å². The van der Waals surface area contributed by atoms with Crippen molar-refractivity contribution in [3.8, 4) is 5.75 Å². The summed E-state index contributed by atoms with van der Waals surface area (Å²) in [6, 6.07) is 1.96. The summed E-state index contributed by atoms with van der Waals surface area (Å²) >= 11 is 0. The van der Waals surface area contributed by atoms with Crippen molar-refractivity contribution in [2.24, 2.45) is 0 Å². The van der Waals surface area contributed by atoms with Gasteiger partial charge in [-0.2, -0.15) is 0 Å². The Kier molecular flexibility index (Phi) is 3.16. The number of carboxylic acids is 1. The van der Waals surface area contributed by atoms with E-state index >= 15 is 0 Å². The Morgan fingerprint density at radius 3 is 2.70 bits per heavy atom. The minimum Gasteiger partial charge on any atom is -0.507 e. The molecule has 0 fully saturated rings. The van der Waals surface area contributed by atoms with Crippen LogP contribution in [0.5, 0.6) is 5.75 Å². The number of benzene rings is 1. The molecule has 4 nitrogen and oxygen atoms in total. The molecule has 0 radical (unpaired) electrons. The van der Waals surface area contributed by atoms with E-state index < -0.39 is 5.97 Å². The van der Waals surface area contributed by atoms with Crippen molar-refractivity contribution in [2.75, 3.05) is 18.0 Å². The van der Waals surface area contributed by atoms with Crippen molar-refractivity contribution >= 4 is 17.7 Å². The highest BCUT2D eigenvalue weighted by Gasteiger charge is 2.27. The second kappa shape index (κ2) is 4.85. The Hall–Kier alpha value is -1.97. The quantitative estimate of drug-likeness (QED) is 0.813. The topological polar surface area (TPSA) is 60.8 Å². The normalized spacial score (nSPS) is 17.9. The van der Waals surface area contributed by atoms with Crippen molar-refractivity contribution in [1.82, 2.24) is 0 Å². The van der Waals surface area contributed by atoms with E-state index in [-0.39, 0.29) is 11.3 Å². The Labute approximate surface area is 118 Å². The molecule has 2 heterocycles. The molecule has 4 heteroatoms. The van der Waals surface area contributed by atoms with Crippen molar-refractivity contribution in [3.05, 3.63) is 28.3 Å². The first kappa shape index (κ1) is 13.0. The highest BCUT2D eigenvalue weighted by atomic mass is 16.4. The largest absolute Gasteiger partial charge is 0.507 e. The van der Waals surface area contributed by atoms with Gasteiger partial charge in [0.05, 0.1) is 0 Å². The molecule has 106 valence electrons. The Morgan fingerprint density at radius 2 is 2.00 bits per heavy atom. The molecule has 0 saturated carbocycles. The van der Waals surface area contributed by atoms with Crippen LogP contribution >= 0.6 is 0 Å². The van der Waals surface area contributed by atoms with Crippen molar-refractivity contribution in [3.63, 3.8) is 0 Å². The lowest BCUT2D eigenvalue weighted by atomic mass is 9.88. The van der Waals surface area contributed by atoms with Crippen LogP contribution in [-0.2, 0) is 17.6 Å². The SMILES string of the molecule is C/C(=C\c1cc2c3c(c1O)CCCN3CCC2)C(=O)O. The van der Waals surface area contributed by atoms with Crippen LogP contribution in [0.3, 0.4) is 0 Å². The summed E-state index contributed by atoms with van der Waals surface area (Å²) in [5, 5.41) is 19.5. The zero-order chi connectivity index (χ0) is 14.3. The molecular formula is C16H19NO3. The minimum atomic E-state index is -0.947. The number of anilines is 1. The Balaban J connectivity index is 2.15. The number of carbonyl (C=O) groups is 1. The number of phenolic OH excluding ortho intramolecular Hbond substituents is 1. The van der Waals surface area contributed by atoms with Crippen LogP contribution in [-0.4, -0.2) is 29.3 Å². The van der Waals surface area contributed by atoms with E-state index in [1.54, 1.807) is 13.0 Å². The van der Waals surface area contributed by atoms with Gasteiger partial charge in [0.25, 0.3) is 0 Å². The smallest absolute Gasteiger partial charge is 0.331 e. The Bertz CT molecular complexity index is 602. The number of aryl methyl sites for hydroxylation is 1. The van der Waals surface area contributed by atoms with Gasteiger partial charge in [-0.15, -0.1) is 0 Å². The molecule has 2 aliphatic heterocycles. The van der Waals surface area contributed by atoms with Crippen molar-refractivity contribution in [1.29, 1.82) is 0 Å². The van der Waals surface area contributed by atoms with Gasteiger partial charge in [0.2, 0.25) is 0 Å². The van der Waals surface area contributed by atoms with Gasteiger partial charge in [-0.05, 0) is 50.3 Å². The van der Waals surface area contributed by atoms with Crippen LogP contribution in [0.1, 0.15) is 36.5 Å². The number of aliphatic carboxylic acids is 1. The summed E-state index contributed by atoms with van der Waals surface area (Å²) in [6.07, 6.45) is 5.62.